The van der Waals surface area contributed by atoms with Gasteiger partial charge in [0.15, 0.2) is 0 Å². The molecule has 1 aromatic heterocycles. The minimum absolute atomic E-state index is 0.100. The van der Waals surface area contributed by atoms with Crippen molar-refractivity contribution in [3.8, 4) is 5.75 Å². The van der Waals surface area contributed by atoms with Crippen molar-refractivity contribution in [2.24, 2.45) is 0 Å². The maximum Gasteiger partial charge on any atom is 0.342 e. The van der Waals surface area contributed by atoms with Crippen molar-refractivity contribution in [2.75, 3.05) is 0 Å². The molecule has 0 amide bonds. The predicted octanol–water partition coefficient (Wildman–Crippen LogP) is 3.42. The summed E-state index contributed by atoms with van der Waals surface area (Å²) in [6, 6.07) is 1.60. The summed E-state index contributed by atoms with van der Waals surface area (Å²) in [5, 5.41) is 9.81. The fourth-order valence-electron chi connectivity index (χ4n) is 1.81. The zero-order chi connectivity index (χ0) is 12.7. The molecule has 0 bridgehead atoms. The van der Waals surface area contributed by atoms with Gasteiger partial charge in [-0.1, -0.05) is 33.1 Å². The van der Waals surface area contributed by atoms with Crippen molar-refractivity contribution in [2.45, 2.75) is 58.8 Å². The second-order valence-electron chi connectivity index (χ2n) is 4.42. The molecule has 3 heteroatoms. The van der Waals surface area contributed by atoms with Crippen LogP contribution in [0, 0.1) is 0 Å². The zero-order valence-electron chi connectivity index (χ0n) is 10.8. The first kappa shape index (κ1) is 13.8. The Hall–Kier alpha value is -1.25. The second-order valence-corrected chi connectivity index (χ2v) is 4.42. The highest BCUT2D eigenvalue weighted by Gasteiger charge is 2.10. The molecule has 0 radical (unpaired) electrons. The smallest absolute Gasteiger partial charge is 0.342 e. The topological polar surface area (TPSA) is 50.4 Å². The lowest BCUT2D eigenvalue weighted by atomic mass is 10.1. The van der Waals surface area contributed by atoms with Crippen LogP contribution in [0.3, 0.4) is 0 Å². The molecule has 0 saturated heterocycles. The van der Waals surface area contributed by atoms with Crippen LogP contribution in [-0.4, -0.2) is 5.11 Å². The quantitative estimate of drug-likeness (QED) is 0.740. The first-order chi connectivity index (χ1) is 8.19. The summed E-state index contributed by atoms with van der Waals surface area (Å²) < 4.78 is 5.21. The molecule has 0 aliphatic heterocycles. The average molecular weight is 238 g/mol. The largest absolute Gasteiger partial charge is 0.507 e. The summed E-state index contributed by atoms with van der Waals surface area (Å²) in [5.74, 6) is 0.692. The van der Waals surface area contributed by atoms with Gasteiger partial charge in [-0.3, -0.25) is 0 Å². The van der Waals surface area contributed by atoms with Gasteiger partial charge in [-0.25, -0.2) is 4.79 Å². The van der Waals surface area contributed by atoms with E-state index in [1.54, 1.807) is 6.07 Å². The van der Waals surface area contributed by atoms with Crippen LogP contribution in [0.15, 0.2) is 15.3 Å². The highest BCUT2D eigenvalue weighted by molar-refractivity contribution is 5.30. The van der Waals surface area contributed by atoms with Gasteiger partial charge in [0, 0.05) is 12.5 Å². The Kier molecular flexibility index (Phi) is 5.81. The molecule has 1 rings (SSSR count). The molecule has 0 fully saturated rings. The first-order valence-electron chi connectivity index (χ1n) is 6.53. The third kappa shape index (κ3) is 4.25. The zero-order valence-corrected chi connectivity index (χ0v) is 10.8. The second kappa shape index (κ2) is 7.15. The van der Waals surface area contributed by atoms with Crippen LogP contribution < -0.4 is 5.63 Å². The van der Waals surface area contributed by atoms with Gasteiger partial charge in [0.2, 0.25) is 0 Å². The van der Waals surface area contributed by atoms with Crippen molar-refractivity contribution in [3.05, 3.63) is 27.8 Å². The number of rotatable bonds is 7. The third-order valence-electron chi connectivity index (χ3n) is 2.88. The average Bonchev–Trinajstić information content (AvgIpc) is 2.30. The highest BCUT2D eigenvalue weighted by atomic mass is 16.4. The lowest BCUT2D eigenvalue weighted by Gasteiger charge is -2.05. The summed E-state index contributed by atoms with van der Waals surface area (Å²) >= 11 is 0. The van der Waals surface area contributed by atoms with Crippen molar-refractivity contribution < 1.29 is 9.52 Å². The van der Waals surface area contributed by atoms with Crippen molar-refractivity contribution in [1.29, 1.82) is 0 Å². The lowest BCUT2D eigenvalue weighted by Crippen LogP contribution is -2.09. The first-order valence-corrected chi connectivity index (χ1v) is 6.53. The molecule has 96 valence electrons. The molecule has 0 spiro atoms. The number of aromatic hydroxyl groups is 1. The Balaban J connectivity index is 2.75. The van der Waals surface area contributed by atoms with Crippen molar-refractivity contribution in [3.63, 3.8) is 0 Å². The van der Waals surface area contributed by atoms with E-state index in [0.717, 1.165) is 32.1 Å². The van der Waals surface area contributed by atoms with Gasteiger partial charge in [-0.15, -0.1) is 0 Å². The van der Waals surface area contributed by atoms with Crippen LogP contribution in [0.1, 0.15) is 57.3 Å². The van der Waals surface area contributed by atoms with Crippen LogP contribution >= 0.6 is 0 Å². The van der Waals surface area contributed by atoms with E-state index < -0.39 is 0 Å². The molecule has 1 aromatic rings. The fourth-order valence-corrected chi connectivity index (χ4v) is 1.81. The van der Waals surface area contributed by atoms with Crippen LogP contribution in [0.2, 0.25) is 0 Å². The van der Waals surface area contributed by atoms with Gasteiger partial charge in [-0.2, -0.15) is 0 Å². The van der Waals surface area contributed by atoms with Crippen LogP contribution in [0.5, 0.6) is 5.75 Å². The molecular formula is C14H22O3. The molecule has 0 aromatic carbocycles. The van der Waals surface area contributed by atoms with Crippen molar-refractivity contribution in [1.82, 2.24) is 0 Å². The fraction of sp³-hybridized carbons (Fsp3) is 0.643. The van der Waals surface area contributed by atoms with Gasteiger partial charge in [0.05, 0.1) is 5.56 Å². The van der Waals surface area contributed by atoms with Crippen LogP contribution in [-0.2, 0) is 12.8 Å². The van der Waals surface area contributed by atoms with Crippen molar-refractivity contribution >= 4 is 0 Å². The molecule has 0 unspecified atom stereocenters. The summed E-state index contributed by atoms with van der Waals surface area (Å²) in [4.78, 5) is 11.7. The monoisotopic (exact) mass is 238 g/mol. The van der Waals surface area contributed by atoms with Gasteiger partial charge < -0.3 is 9.52 Å². The van der Waals surface area contributed by atoms with E-state index in [9.17, 15) is 9.90 Å². The third-order valence-corrected chi connectivity index (χ3v) is 2.88. The maximum absolute atomic E-state index is 11.7. The minimum atomic E-state index is -0.368. The predicted molar refractivity (Wildman–Crippen MR) is 68.5 cm³/mol. The SMILES string of the molecule is CCCCCc1c(O)cc(CCCC)oc1=O. The highest BCUT2D eigenvalue weighted by Crippen LogP contribution is 2.18. The standard InChI is InChI=1S/C14H22O3/c1-3-5-7-9-12-13(15)10-11(8-6-4-2)17-14(12)16/h10,15H,3-9H2,1-2H3. The number of unbranched alkanes of at least 4 members (excludes halogenated alkanes) is 3. The van der Waals surface area contributed by atoms with E-state index in [-0.39, 0.29) is 11.4 Å². The lowest BCUT2D eigenvalue weighted by molar-refractivity contribution is 0.407. The van der Waals surface area contributed by atoms with E-state index in [4.69, 9.17) is 4.42 Å². The van der Waals surface area contributed by atoms with E-state index >= 15 is 0 Å². The molecule has 1 heterocycles. The normalized spacial score (nSPS) is 10.7. The Labute approximate surface area is 102 Å². The number of hydrogen-bond acceptors (Lipinski definition) is 3. The summed E-state index contributed by atoms with van der Waals surface area (Å²) in [5.41, 5.74) is 0.0610. The summed E-state index contributed by atoms with van der Waals surface area (Å²) in [6.45, 7) is 4.19. The van der Waals surface area contributed by atoms with E-state index in [1.165, 1.54) is 0 Å². The van der Waals surface area contributed by atoms with E-state index in [0.29, 0.717) is 24.2 Å². The minimum Gasteiger partial charge on any atom is -0.507 e. The molecule has 17 heavy (non-hydrogen) atoms. The molecule has 3 nitrogen and oxygen atoms in total. The van der Waals surface area contributed by atoms with Crippen LogP contribution in [0.25, 0.3) is 0 Å². The van der Waals surface area contributed by atoms with E-state index in [1.807, 2.05) is 0 Å². The summed E-state index contributed by atoms with van der Waals surface area (Å²) in [6.07, 6.45) is 6.42. The molecule has 0 aliphatic rings. The van der Waals surface area contributed by atoms with E-state index in [2.05, 4.69) is 13.8 Å². The molecule has 0 atom stereocenters. The Morgan fingerprint density at radius 1 is 1.12 bits per heavy atom. The van der Waals surface area contributed by atoms with Gasteiger partial charge in [-0.05, 0) is 19.3 Å². The van der Waals surface area contributed by atoms with Gasteiger partial charge in [0.25, 0.3) is 0 Å². The molecule has 1 N–H and O–H groups in total. The van der Waals surface area contributed by atoms with Gasteiger partial charge >= 0.3 is 5.63 Å². The summed E-state index contributed by atoms with van der Waals surface area (Å²) in [7, 11) is 0. The molecular weight excluding hydrogens is 216 g/mol. The van der Waals surface area contributed by atoms with Gasteiger partial charge in [0.1, 0.15) is 11.5 Å². The number of hydrogen-bond donors (Lipinski definition) is 1. The Morgan fingerprint density at radius 3 is 2.41 bits per heavy atom. The van der Waals surface area contributed by atoms with Crippen LogP contribution in [0.4, 0.5) is 0 Å². The Bertz CT molecular complexity index is 393. The number of aryl methyl sites for hydroxylation is 1. The molecule has 0 aliphatic carbocycles. The Morgan fingerprint density at radius 2 is 1.82 bits per heavy atom. The molecule has 0 saturated carbocycles. The maximum atomic E-state index is 11.7.